The normalized spacial score (nSPS) is 33.1. The molecule has 1 heterocycles. The zero-order valence-electron chi connectivity index (χ0n) is 7.89. The monoisotopic (exact) mass is 167 g/mol. The Morgan fingerprint density at radius 3 is 3.00 bits per heavy atom. The van der Waals surface area contributed by atoms with E-state index in [1.165, 1.54) is 12.0 Å². The van der Waals surface area contributed by atoms with E-state index in [2.05, 4.69) is 13.8 Å². The summed E-state index contributed by atoms with van der Waals surface area (Å²) in [5.74, 6) is 1.11. The molecule has 0 bridgehead atoms. The van der Waals surface area contributed by atoms with Crippen LogP contribution >= 0.6 is 0 Å². The van der Waals surface area contributed by atoms with Gasteiger partial charge in [-0.25, -0.2) is 0 Å². The van der Waals surface area contributed by atoms with Gasteiger partial charge in [0, 0.05) is 6.42 Å². The molecule has 2 N–H and O–H groups in total. The highest BCUT2D eigenvalue weighted by Gasteiger charge is 2.35. The second-order valence-corrected chi connectivity index (χ2v) is 4.72. The van der Waals surface area contributed by atoms with Crippen LogP contribution in [0.2, 0.25) is 0 Å². The molecule has 0 aromatic carbocycles. The first-order valence-corrected chi connectivity index (χ1v) is 4.69. The minimum Gasteiger partial charge on any atom is -0.496 e. The van der Waals surface area contributed by atoms with E-state index < -0.39 is 0 Å². The van der Waals surface area contributed by atoms with E-state index in [1.54, 1.807) is 0 Å². The molecule has 0 spiro atoms. The minimum atomic E-state index is 0.159. The molecule has 2 nitrogen and oxygen atoms in total. The summed E-state index contributed by atoms with van der Waals surface area (Å²) in [6, 6.07) is 0.159. The van der Waals surface area contributed by atoms with Gasteiger partial charge in [0.05, 0.1) is 12.6 Å². The van der Waals surface area contributed by atoms with E-state index in [4.69, 9.17) is 10.5 Å². The van der Waals surface area contributed by atoms with Crippen LogP contribution in [0.25, 0.3) is 0 Å². The Morgan fingerprint density at radius 1 is 1.50 bits per heavy atom. The SMILES string of the molecule is CC1(C)CC2=C(OCC2)C(N)C1. The van der Waals surface area contributed by atoms with Crippen molar-refractivity contribution in [2.75, 3.05) is 6.61 Å². The van der Waals surface area contributed by atoms with Crippen molar-refractivity contribution in [3.05, 3.63) is 11.3 Å². The lowest BCUT2D eigenvalue weighted by atomic mass is 9.74. The van der Waals surface area contributed by atoms with Crippen LogP contribution in [0.3, 0.4) is 0 Å². The van der Waals surface area contributed by atoms with E-state index in [9.17, 15) is 0 Å². The average Bonchev–Trinajstić information content (AvgIpc) is 2.31. The van der Waals surface area contributed by atoms with E-state index >= 15 is 0 Å². The molecule has 0 aromatic rings. The minimum absolute atomic E-state index is 0.159. The third-order valence-corrected chi connectivity index (χ3v) is 2.81. The third-order valence-electron chi connectivity index (χ3n) is 2.81. The lowest BCUT2D eigenvalue weighted by Crippen LogP contribution is -2.34. The van der Waals surface area contributed by atoms with Crippen LogP contribution in [-0.2, 0) is 4.74 Å². The van der Waals surface area contributed by atoms with Gasteiger partial charge in [-0.2, -0.15) is 0 Å². The predicted octanol–water partition coefficient (Wildman–Crippen LogP) is 1.81. The van der Waals surface area contributed by atoms with Gasteiger partial charge in [0.1, 0.15) is 5.76 Å². The van der Waals surface area contributed by atoms with Gasteiger partial charge in [0.15, 0.2) is 0 Å². The summed E-state index contributed by atoms with van der Waals surface area (Å²) in [7, 11) is 0. The highest BCUT2D eigenvalue weighted by atomic mass is 16.5. The van der Waals surface area contributed by atoms with Crippen molar-refractivity contribution < 1.29 is 4.74 Å². The topological polar surface area (TPSA) is 35.2 Å². The molecule has 68 valence electrons. The Morgan fingerprint density at radius 2 is 2.25 bits per heavy atom. The molecular formula is C10H17NO. The van der Waals surface area contributed by atoms with Crippen molar-refractivity contribution in [3.8, 4) is 0 Å². The highest BCUT2D eigenvalue weighted by molar-refractivity contribution is 5.23. The molecule has 2 aliphatic rings. The van der Waals surface area contributed by atoms with Crippen LogP contribution in [0.5, 0.6) is 0 Å². The number of hydrogen-bond donors (Lipinski definition) is 1. The predicted molar refractivity (Wildman–Crippen MR) is 48.6 cm³/mol. The maximum atomic E-state index is 6.01. The molecule has 2 rings (SSSR count). The molecule has 1 aliphatic carbocycles. The van der Waals surface area contributed by atoms with Gasteiger partial charge >= 0.3 is 0 Å². The van der Waals surface area contributed by atoms with Gasteiger partial charge in [-0.1, -0.05) is 13.8 Å². The largest absolute Gasteiger partial charge is 0.496 e. The standard InChI is InChI=1S/C10H17NO/c1-10(2)5-7-3-4-12-9(7)8(11)6-10/h8H,3-6,11H2,1-2H3. The summed E-state index contributed by atoms with van der Waals surface area (Å²) in [6.45, 7) is 5.43. The van der Waals surface area contributed by atoms with Crippen LogP contribution in [0, 0.1) is 5.41 Å². The first-order valence-electron chi connectivity index (χ1n) is 4.69. The average molecular weight is 167 g/mol. The fraction of sp³-hybridized carbons (Fsp3) is 0.800. The van der Waals surface area contributed by atoms with E-state index in [-0.39, 0.29) is 6.04 Å². The van der Waals surface area contributed by atoms with Crippen LogP contribution in [0.4, 0.5) is 0 Å². The van der Waals surface area contributed by atoms with Gasteiger partial charge in [0.2, 0.25) is 0 Å². The Balaban J connectivity index is 2.25. The van der Waals surface area contributed by atoms with Crippen LogP contribution in [-0.4, -0.2) is 12.6 Å². The second kappa shape index (κ2) is 2.49. The number of rotatable bonds is 0. The van der Waals surface area contributed by atoms with Crippen molar-refractivity contribution in [1.29, 1.82) is 0 Å². The summed E-state index contributed by atoms with van der Waals surface area (Å²) in [4.78, 5) is 0. The zero-order valence-corrected chi connectivity index (χ0v) is 7.89. The van der Waals surface area contributed by atoms with Gasteiger partial charge in [0.25, 0.3) is 0 Å². The third kappa shape index (κ3) is 1.24. The molecule has 0 saturated heterocycles. The Labute approximate surface area is 73.8 Å². The number of ether oxygens (including phenoxy) is 1. The van der Waals surface area contributed by atoms with Crippen molar-refractivity contribution in [3.63, 3.8) is 0 Å². The number of hydrogen-bond acceptors (Lipinski definition) is 2. The first-order chi connectivity index (χ1) is 5.58. The fourth-order valence-electron chi connectivity index (χ4n) is 2.39. The maximum absolute atomic E-state index is 6.01. The lowest BCUT2D eigenvalue weighted by Gasteiger charge is -2.33. The Bertz CT molecular complexity index is 230. The highest BCUT2D eigenvalue weighted by Crippen LogP contribution is 2.41. The smallest absolute Gasteiger partial charge is 0.112 e. The molecule has 1 unspecified atom stereocenters. The molecule has 1 atom stereocenters. The molecule has 0 radical (unpaired) electrons. The second-order valence-electron chi connectivity index (χ2n) is 4.72. The molecule has 0 saturated carbocycles. The van der Waals surface area contributed by atoms with Crippen molar-refractivity contribution in [2.24, 2.45) is 11.1 Å². The van der Waals surface area contributed by atoms with Crippen LogP contribution in [0.15, 0.2) is 11.3 Å². The Hall–Kier alpha value is -0.500. The molecule has 2 heteroatoms. The zero-order chi connectivity index (χ0) is 8.77. The van der Waals surface area contributed by atoms with Crippen LogP contribution < -0.4 is 5.73 Å². The van der Waals surface area contributed by atoms with E-state index in [0.29, 0.717) is 5.41 Å². The van der Waals surface area contributed by atoms with Gasteiger partial charge < -0.3 is 10.5 Å². The quantitative estimate of drug-likeness (QED) is 0.597. The molecule has 0 amide bonds. The van der Waals surface area contributed by atoms with Gasteiger partial charge in [-0.3, -0.25) is 0 Å². The molecule has 1 aliphatic heterocycles. The van der Waals surface area contributed by atoms with Crippen molar-refractivity contribution >= 4 is 0 Å². The summed E-state index contributed by atoms with van der Waals surface area (Å²) in [6.07, 6.45) is 3.34. The fourth-order valence-corrected chi connectivity index (χ4v) is 2.39. The lowest BCUT2D eigenvalue weighted by molar-refractivity contribution is 0.194. The van der Waals surface area contributed by atoms with E-state index in [1.807, 2.05) is 0 Å². The molecule has 0 fully saturated rings. The van der Waals surface area contributed by atoms with Crippen LogP contribution in [0.1, 0.15) is 33.1 Å². The maximum Gasteiger partial charge on any atom is 0.112 e. The van der Waals surface area contributed by atoms with Crippen molar-refractivity contribution in [1.82, 2.24) is 0 Å². The summed E-state index contributed by atoms with van der Waals surface area (Å²) < 4.78 is 5.52. The summed E-state index contributed by atoms with van der Waals surface area (Å²) in [5.41, 5.74) is 7.86. The molecule has 0 aromatic heterocycles. The van der Waals surface area contributed by atoms with Gasteiger partial charge in [-0.05, 0) is 23.8 Å². The molecular weight excluding hydrogens is 150 g/mol. The van der Waals surface area contributed by atoms with Crippen molar-refractivity contribution in [2.45, 2.75) is 39.2 Å². The van der Waals surface area contributed by atoms with Gasteiger partial charge in [-0.15, -0.1) is 0 Å². The summed E-state index contributed by atoms with van der Waals surface area (Å²) in [5, 5.41) is 0. The first kappa shape index (κ1) is 8.11. The summed E-state index contributed by atoms with van der Waals surface area (Å²) >= 11 is 0. The molecule has 12 heavy (non-hydrogen) atoms. The number of nitrogens with two attached hydrogens (primary N) is 1. The Kier molecular flexibility index (Phi) is 1.69. The van der Waals surface area contributed by atoms with E-state index in [0.717, 1.165) is 25.2 Å².